The lowest BCUT2D eigenvalue weighted by atomic mass is 10.3. The van der Waals surface area contributed by atoms with Gasteiger partial charge >= 0.3 is 5.69 Å². The van der Waals surface area contributed by atoms with Crippen molar-refractivity contribution in [2.45, 2.75) is 0 Å². The van der Waals surface area contributed by atoms with Crippen molar-refractivity contribution in [2.75, 3.05) is 5.73 Å². The molecule has 0 aliphatic rings. The van der Waals surface area contributed by atoms with Crippen molar-refractivity contribution in [1.29, 1.82) is 0 Å². The molecule has 0 spiro atoms. The summed E-state index contributed by atoms with van der Waals surface area (Å²) in [5.74, 6) is 0. The summed E-state index contributed by atoms with van der Waals surface area (Å²) in [6.45, 7) is 0. The molecule has 0 radical (unpaired) electrons. The minimum Gasteiger partial charge on any atom is -0.391 e. The van der Waals surface area contributed by atoms with Gasteiger partial charge in [-0.2, -0.15) is 8.75 Å². The van der Waals surface area contributed by atoms with Crippen LogP contribution in [-0.4, -0.2) is 18.7 Å². The van der Waals surface area contributed by atoms with E-state index in [1.807, 2.05) is 0 Å². The Morgan fingerprint density at radius 3 is 3.00 bits per heavy atom. The van der Waals surface area contributed by atoms with E-state index in [9.17, 15) is 10.1 Å². The number of hydrogen-bond donors (Lipinski definition) is 1. The molecule has 2 N–H and O–H groups in total. The summed E-state index contributed by atoms with van der Waals surface area (Å²) in [6.07, 6.45) is 1.08. The molecule has 0 aromatic carbocycles. The molecule has 0 fully saturated rings. The van der Waals surface area contributed by atoms with Gasteiger partial charge in [0, 0.05) is 0 Å². The second kappa shape index (κ2) is 2.59. The zero-order chi connectivity index (χ0) is 9.42. The van der Waals surface area contributed by atoms with Crippen molar-refractivity contribution in [3.63, 3.8) is 0 Å². The van der Waals surface area contributed by atoms with E-state index in [0.717, 1.165) is 17.9 Å². The van der Waals surface area contributed by atoms with Crippen LogP contribution in [0.4, 0.5) is 11.4 Å². The third kappa shape index (κ3) is 1.07. The van der Waals surface area contributed by atoms with Gasteiger partial charge in [0.1, 0.15) is 11.9 Å². The van der Waals surface area contributed by atoms with Gasteiger partial charge < -0.3 is 5.73 Å². The average molecular weight is 197 g/mol. The zero-order valence-electron chi connectivity index (χ0n) is 6.17. The van der Waals surface area contributed by atoms with Gasteiger partial charge in [-0.3, -0.25) is 10.1 Å². The van der Waals surface area contributed by atoms with Gasteiger partial charge in [0.25, 0.3) is 0 Å². The van der Waals surface area contributed by atoms with Gasteiger partial charge in [0.15, 0.2) is 11.2 Å². The molecule has 0 saturated carbocycles. The Labute approximate surface area is 75.7 Å². The molecule has 2 aromatic heterocycles. The van der Waals surface area contributed by atoms with Gasteiger partial charge in [-0.1, -0.05) is 0 Å². The number of anilines is 1. The number of hydrogen-bond acceptors (Lipinski definition) is 7. The Bertz CT molecular complexity index is 481. The fraction of sp³-hybridized carbons (Fsp3) is 0. The first-order chi connectivity index (χ1) is 6.20. The summed E-state index contributed by atoms with van der Waals surface area (Å²) in [7, 11) is 0. The Morgan fingerprint density at radius 1 is 1.54 bits per heavy atom. The van der Waals surface area contributed by atoms with Crippen molar-refractivity contribution in [1.82, 2.24) is 13.7 Å². The Balaban J connectivity index is 2.80. The minimum atomic E-state index is -0.596. The predicted octanol–water partition coefficient (Wildman–Crippen LogP) is 0.577. The zero-order valence-corrected chi connectivity index (χ0v) is 6.98. The fourth-order valence-corrected chi connectivity index (χ4v) is 1.41. The molecule has 0 aliphatic carbocycles. The largest absolute Gasteiger partial charge is 0.391 e. The van der Waals surface area contributed by atoms with E-state index < -0.39 is 4.92 Å². The van der Waals surface area contributed by atoms with Gasteiger partial charge in [-0.15, -0.1) is 0 Å². The smallest absolute Gasteiger partial charge is 0.312 e. The van der Waals surface area contributed by atoms with Crippen LogP contribution in [0.5, 0.6) is 0 Å². The highest BCUT2D eigenvalue weighted by molar-refractivity contribution is 7.00. The molecular formula is C5H3N5O2S. The number of nitro groups is 1. The molecule has 8 heteroatoms. The average Bonchev–Trinajstić information content (AvgIpc) is 2.52. The second-order valence-electron chi connectivity index (χ2n) is 2.25. The predicted molar refractivity (Wildman–Crippen MR) is 46.3 cm³/mol. The highest BCUT2D eigenvalue weighted by Gasteiger charge is 2.17. The van der Waals surface area contributed by atoms with Crippen LogP contribution in [0.25, 0.3) is 11.2 Å². The standard InChI is InChI=1S/C5H3N5O2S/c6-3-2(10(11)12)1-7-5-4(3)8-13-9-5/h1H,6H2. The Morgan fingerprint density at radius 2 is 2.31 bits per heavy atom. The van der Waals surface area contributed by atoms with Crippen LogP contribution in [0.1, 0.15) is 0 Å². The number of nitrogen functional groups attached to an aromatic ring is 1. The fourth-order valence-electron chi connectivity index (χ4n) is 0.897. The van der Waals surface area contributed by atoms with Gasteiger partial charge in [-0.25, -0.2) is 4.98 Å². The lowest BCUT2D eigenvalue weighted by molar-refractivity contribution is -0.384. The number of nitrogens with two attached hydrogens (primary N) is 1. The van der Waals surface area contributed by atoms with Gasteiger partial charge in [0.05, 0.1) is 16.7 Å². The molecule has 0 amide bonds. The first-order valence-electron chi connectivity index (χ1n) is 3.21. The number of nitrogens with zero attached hydrogens (tertiary/aromatic N) is 4. The van der Waals surface area contributed by atoms with Crippen LogP contribution in [0.15, 0.2) is 6.20 Å². The first-order valence-corrected chi connectivity index (χ1v) is 3.94. The summed E-state index contributed by atoms with van der Waals surface area (Å²) in [4.78, 5) is 13.6. The maximum atomic E-state index is 10.4. The molecule has 2 rings (SSSR count). The van der Waals surface area contributed by atoms with E-state index in [1.54, 1.807) is 0 Å². The highest BCUT2D eigenvalue weighted by Crippen LogP contribution is 2.26. The number of pyridine rings is 1. The monoisotopic (exact) mass is 197 g/mol. The molecule has 0 unspecified atom stereocenters. The van der Waals surface area contributed by atoms with E-state index >= 15 is 0 Å². The summed E-state index contributed by atoms with van der Waals surface area (Å²) >= 11 is 0.922. The maximum absolute atomic E-state index is 10.4. The van der Waals surface area contributed by atoms with Crippen LogP contribution in [-0.2, 0) is 0 Å². The van der Waals surface area contributed by atoms with Crippen molar-refractivity contribution in [3.8, 4) is 0 Å². The third-order valence-electron chi connectivity index (χ3n) is 1.51. The normalized spacial score (nSPS) is 10.5. The summed E-state index contributed by atoms with van der Waals surface area (Å²) < 4.78 is 7.60. The molecule has 0 saturated heterocycles. The van der Waals surface area contributed by atoms with Crippen molar-refractivity contribution in [3.05, 3.63) is 16.3 Å². The summed E-state index contributed by atoms with van der Waals surface area (Å²) in [6, 6.07) is 0. The third-order valence-corrected chi connectivity index (χ3v) is 2.03. The Kier molecular flexibility index (Phi) is 1.55. The number of fused-ring (bicyclic) bond motifs is 1. The molecule has 0 aliphatic heterocycles. The quantitative estimate of drug-likeness (QED) is 0.529. The molecule has 2 aromatic rings. The molecule has 0 bridgehead atoms. The summed E-state index contributed by atoms with van der Waals surface area (Å²) in [5.41, 5.74) is 5.90. The van der Waals surface area contributed by atoms with Gasteiger partial charge in [-0.05, 0) is 0 Å². The highest BCUT2D eigenvalue weighted by atomic mass is 32.1. The maximum Gasteiger partial charge on any atom is 0.312 e. The number of rotatable bonds is 1. The van der Waals surface area contributed by atoms with Crippen molar-refractivity contribution < 1.29 is 4.92 Å². The van der Waals surface area contributed by atoms with E-state index in [-0.39, 0.29) is 11.4 Å². The SMILES string of the molecule is Nc1c([N+](=O)[O-])cnc2nsnc12. The number of aromatic nitrogens is 3. The summed E-state index contributed by atoms with van der Waals surface area (Å²) in [5, 5.41) is 10.4. The van der Waals surface area contributed by atoms with Gasteiger partial charge in [0.2, 0.25) is 0 Å². The molecule has 7 nitrogen and oxygen atoms in total. The van der Waals surface area contributed by atoms with Crippen molar-refractivity contribution >= 4 is 34.3 Å². The first kappa shape index (κ1) is 7.80. The topological polar surface area (TPSA) is 108 Å². The minimum absolute atomic E-state index is 0.0174. The van der Waals surface area contributed by atoms with E-state index in [1.165, 1.54) is 0 Å². The molecule has 0 atom stereocenters. The van der Waals surface area contributed by atoms with Crippen LogP contribution < -0.4 is 5.73 Å². The van der Waals surface area contributed by atoms with E-state index in [4.69, 9.17) is 5.73 Å². The molecule has 13 heavy (non-hydrogen) atoms. The second-order valence-corrected chi connectivity index (χ2v) is 2.78. The van der Waals surface area contributed by atoms with Crippen LogP contribution in [0.2, 0.25) is 0 Å². The Hall–Kier alpha value is -1.83. The van der Waals surface area contributed by atoms with Crippen LogP contribution >= 0.6 is 11.7 Å². The van der Waals surface area contributed by atoms with Crippen molar-refractivity contribution in [2.24, 2.45) is 0 Å². The lowest BCUT2D eigenvalue weighted by Gasteiger charge is -1.94. The lowest BCUT2D eigenvalue weighted by Crippen LogP contribution is -1.97. The van der Waals surface area contributed by atoms with Crippen LogP contribution in [0, 0.1) is 10.1 Å². The van der Waals surface area contributed by atoms with E-state index in [0.29, 0.717) is 11.2 Å². The molecule has 66 valence electrons. The molecule has 2 heterocycles. The molecular weight excluding hydrogens is 194 g/mol. The van der Waals surface area contributed by atoms with Crippen LogP contribution in [0.3, 0.4) is 0 Å². The van der Waals surface area contributed by atoms with E-state index in [2.05, 4.69) is 13.7 Å².